The van der Waals surface area contributed by atoms with Crippen molar-refractivity contribution in [2.75, 3.05) is 20.7 Å². The first-order valence-corrected chi connectivity index (χ1v) is 5.67. The van der Waals surface area contributed by atoms with Crippen LogP contribution in [-0.4, -0.2) is 25.8 Å². The first-order valence-electron chi connectivity index (χ1n) is 4.88. The van der Waals surface area contributed by atoms with E-state index in [9.17, 15) is 9.50 Å². The molecule has 0 saturated carbocycles. The Kier molecular flexibility index (Phi) is 4.70. The van der Waals surface area contributed by atoms with Crippen LogP contribution in [0.15, 0.2) is 10.5 Å². The van der Waals surface area contributed by atoms with Crippen LogP contribution in [0.1, 0.15) is 17.2 Å². The van der Waals surface area contributed by atoms with Crippen molar-refractivity contribution in [1.29, 1.82) is 0 Å². The summed E-state index contributed by atoms with van der Waals surface area (Å²) in [5.74, 6) is -0.395. The molecule has 0 radical (unpaired) electrons. The summed E-state index contributed by atoms with van der Waals surface area (Å²) in [6, 6.07) is 1.62. The molecule has 1 aromatic rings. The van der Waals surface area contributed by atoms with Crippen LogP contribution in [0.5, 0.6) is 5.75 Å². The highest BCUT2D eigenvalue weighted by Crippen LogP contribution is 2.35. The van der Waals surface area contributed by atoms with Crippen molar-refractivity contribution in [2.24, 2.45) is 0 Å². The van der Waals surface area contributed by atoms with Gasteiger partial charge in [-0.2, -0.15) is 0 Å². The summed E-state index contributed by atoms with van der Waals surface area (Å²) in [4.78, 5) is 0. The van der Waals surface area contributed by atoms with E-state index in [4.69, 9.17) is 4.74 Å². The van der Waals surface area contributed by atoms with Crippen LogP contribution < -0.4 is 10.1 Å². The molecule has 0 saturated heterocycles. The fourth-order valence-corrected chi connectivity index (χ4v) is 1.94. The van der Waals surface area contributed by atoms with Gasteiger partial charge >= 0.3 is 0 Å². The predicted molar refractivity (Wildman–Crippen MR) is 64.3 cm³/mol. The third-order valence-corrected chi connectivity index (χ3v) is 3.32. The second-order valence-electron chi connectivity index (χ2n) is 3.52. The summed E-state index contributed by atoms with van der Waals surface area (Å²) in [6.45, 7) is 2.11. The molecule has 0 aromatic heterocycles. The first kappa shape index (κ1) is 13.4. The molecule has 0 aliphatic rings. The van der Waals surface area contributed by atoms with Gasteiger partial charge in [0.25, 0.3) is 0 Å². The van der Waals surface area contributed by atoms with Crippen molar-refractivity contribution >= 4 is 15.9 Å². The van der Waals surface area contributed by atoms with Crippen molar-refractivity contribution in [1.82, 2.24) is 5.32 Å². The minimum atomic E-state index is -0.884. The molecule has 1 aromatic carbocycles. The standard InChI is InChI=1S/C11H15BrFNO2/c1-6-4-7(8(15)5-14-2)10(13)11(16-3)9(6)12/h4,8,14-15H,5H2,1-3H3. The van der Waals surface area contributed by atoms with Crippen LogP contribution in [0.2, 0.25) is 0 Å². The molecular weight excluding hydrogens is 277 g/mol. The van der Waals surface area contributed by atoms with Crippen LogP contribution in [0, 0.1) is 12.7 Å². The number of aryl methyl sites for hydroxylation is 1. The van der Waals surface area contributed by atoms with Crippen LogP contribution in [0.4, 0.5) is 4.39 Å². The number of aliphatic hydroxyl groups excluding tert-OH is 1. The molecule has 1 rings (SSSR count). The summed E-state index contributed by atoms with van der Waals surface area (Å²) in [5, 5.41) is 12.6. The van der Waals surface area contributed by atoms with Gasteiger partial charge in [0.1, 0.15) is 0 Å². The molecule has 1 unspecified atom stereocenters. The lowest BCUT2D eigenvalue weighted by molar-refractivity contribution is 0.171. The van der Waals surface area contributed by atoms with Gasteiger partial charge in [-0.25, -0.2) is 4.39 Å². The van der Waals surface area contributed by atoms with E-state index >= 15 is 0 Å². The third-order valence-electron chi connectivity index (χ3n) is 2.33. The Balaban J connectivity index is 3.25. The zero-order chi connectivity index (χ0) is 12.3. The molecule has 16 heavy (non-hydrogen) atoms. The van der Waals surface area contributed by atoms with E-state index in [1.54, 1.807) is 13.1 Å². The second kappa shape index (κ2) is 5.61. The Morgan fingerprint density at radius 2 is 2.25 bits per heavy atom. The summed E-state index contributed by atoms with van der Waals surface area (Å²) in [5.41, 5.74) is 1.07. The van der Waals surface area contributed by atoms with Gasteiger partial charge in [-0.1, -0.05) is 0 Å². The number of hydrogen-bond acceptors (Lipinski definition) is 3. The smallest absolute Gasteiger partial charge is 0.172 e. The predicted octanol–water partition coefficient (Wildman–Crippen LogP) is 2.16. The number of likely N-dealkylation sites (N-methyl/N-ethyl adjacent to an activating group) is 1. The zero-order valence-corrected chi connectivity index (χ0v) is 11.1. The maximum Gasteiger partial charge on any atom is 0.172 e. The Labute approximate surface area is 103 Å². The molecule has 0 aliphatic carbocycles. The highest BCUT2D eigenvalue weighted by atomic mass is 79.9. The van der Waals surface area contributed by atoms with Crippen molar-refractivity contribution in [3.8, 4) is 5.75 Å². The highest BCUT2D eigenvalue weighted by molar-refractivity contribution is 9.10. The van der Waals surface area contributed by atoms with Gasteiger partial charge in [-0.05, 0) is 41.5 Å². The van der Waals surface area contributed by atoms with Crippen LogP contribution in [-0.2, 0) is 0 Å². The molecule has 2 N–H and O–H groups in total. The van der Waals surface area contributed by atoms with E-state index in [0.29, 0.717) is 11.0 Å². The zero-order valence-electron chi connectivity index (χ0n) is 9.47. The van der Waals surface area contributed by atoms with Crippen molar-refractivity contribution < 1.29 is 14.2 Å². The third kappa shape index (κ3) is 2.53. The summed E-state index contributed by atoms with van der Waals surface area (Å²) >= 11 is 3.25. The average Bonchev–Trinajstić information content (AvgIpc) is 2.24. The van der Waals surface area contributed by atoms with E-state index in [1.807, 2.05) is 6.92 Å². The quantitative estimate of drug-likeness (QED) is 0.893. The lowest BCUT2D eigenvalue weighted by atomic mass is 10.0. The Hall–Kier alpha value is -0.650. The topological polar surface area (TPSA) is 41.5 Å². The minimum absolute atomic E-state index is 0.130. The molecular formula is C11H15BrFNO2. The maximum absolute atomic E-state index is 13.9. The monoisotopic (exact) mass is 291 g/mol. The van der Waals surface area contributed by atoms with E-state index in [-0.39, 0.29) is 11.3 Å². The number of ether oxygens (including phenoxy) is 1. The molecule has 0 fully saturated rings. The SMILES string of the molecule is CNCC(O)c1cc(C)c(Br)c(OC)c1F. The molecule has 90 valence electrons. The highest BCUT2D eigenvalue weighted by Gasteiger charge is 2.20. The van der Waals surface area contributed by atoms with Crippen molar-refractivity contribution in [3.63, 3.8) is 0 Å². The molecule has 1 atom stereocenters. The van der Waals surface area contributed by atoms with Gasteiger partial charge in [-0.3, -0.25) is 0 Å². The average molecular weight is 292 g/mol. The van der Waals surface area contributed by atoms with Gasteiger partial charge in [0.05, 0.1) is 17.7 Å². The number of rotatable bonds is 4. The van der Waals surface area contributed by atoms with Gasteiger partial charge in [0.15, 0.2) is 11.6 Å². The number of hydrogen-bond donors (Lipinski definition) is 2. The number of halogens is 2. The molecule has 0 heterocycles. The number of nitrogens with one attached hydrogen (secondary N) is 1. The van der Waals surface area contributed by atoms with Gasteiger partial charge in [0.2, 0.25) is 0 Å². The van der Waals surface area contributed by atoms with E-state index in [1.165, 1.54) is 7.11 Å². The van der Waals surface area contributed by atoms with Gasteiger partial charge in [-0.15, -0.1) is 0 Å². The number of aliphatic hydroxyl groups is 1. The molecule has 3 nitrogen and oxygen atoms in total. The molecule has 5 heteroatoms. The lowest BCUT2D eigenvalue weighted by Gasteiger charge is -2.16. The first-order chi connectivity index (χ1) is 7.52. The molecule has 0 amide bonds. The second-order valence-corrected chi connectivity index (χ2v) is 4.31. The Morgan fingerprint density at radius 3 is 2.75 bits per heavy atom. The number of methoxy groups -OCH3 is 1. The van der Waals surface area contributed by atoms with Crippen molar-refractivity contribution in [2.45, 2.75) is 13.0 Å². The minimum Gasteiger partial charge on any atom is -0.492 e. The van der Waals surface area contributed by atoms with E-state index in [0.717, 1.165) is 5.56 Å². The van der Waals surface area contributed by atoms with Gasteiger partial charge < -0.3 is 15.2 Å². The molecule has 0 spiro atoms. The largest absolute Gasteiger partial charge is 0.492 e. The number of benzene rings is 1. The summed E-state index contributed by atoms with van der Waals surface area (Å²) < 4.78 is 19.5. The lowest BCUT2D eigenvalue weighted by Crippen LogP contribution is -2.18. The fourth-order valence-electron chi connectivity index (χ4n) is 1.49. The van der Waals surface area contributed by atoms with E-state index < -0.39 is 11.9 Å². The Morgan fingerprint density at radius 1 is 1.62 bits per heavy atom. The Bertz CT molecular complexity index is 385. The molecule has 0 bridgehead atoms. The van der Waals surface area contributed by atoms with Crippen LogP contribution in [0.3, 0.4) is 0 Å². The maximum atomic E-state index is 13.9. The van der Waals surface area contributed by atoms with Crippen LogP contribution >= 0.6 is 15.9 Å². The normalized spacial score (nSPS) is 12.6. The van der Waals surface area contributed by atoms with Gasteiger partial charge in [0, 0.05) is 12.1 Å². The van der Waals surface area contributed by atoms with E-state index in [2.05, 4.69) is 21.2 Å². The summed E-state index contributed by atoms with van der Waals surface area (Å²) in [7, 11) is 3.10. The fraction of sp³-hybridized carbons (Fsp3) is 0.455. The molecule has 0 aliphatic heterocycles. The summed E-state index contributed by atoms with van der Waals surface area (Å²) in [6.07, 6.45) is -0.884. The van der Waals surface area contributed by atoms with Crippen molar-refractivity contribution in [3.05, 3.63) is 27.5 Å². The van der Waals surface area contributed by atoms with Crippen LogP contribution in [0.25, 0.3) is 0 Å².